The zero-order valence-corrected chi connectivity index (χ0v) is 30.7. The number of ether oxygens (including phenoxy) is 1. The highest BCUT2D eigenvalue weighted by Gasteiger charge is 2.26. The third-order valence-electron chi connectivity index (χ3n) is 10.7. The van der Waals surface area contributed by atoms with Gasteiger partial charge in [0.2, 0.25) is 0 Å². The number of rotatable bonds is 5. The largest absolute Gasteiger partial charge is 0.456 e. The van der Waals surface area contributed by atoms with Gasteiger partial charge in [-0.25, -0.2) is 0 Å². The molecule has 0 saturated carbocycles. The van der Waals surface area contributed by atoms with Crippen LogP contribution in [0, 0.1) is 0 Å². The summed E-state index contributed by atoms with van der Waals surface area (Å²) in [6, 6.07) is 80.1. The van der Waals surface area contributed by atoms with Crippen molar-refractivity contribution in [1.82, 2.24) is 0 Å². The molecule has 0 unspecified atom stereocenters. The lowest BCUT2D eigenvalue weighted by molar-refractivity contribution is 0.486. The molecule has 2 heteroatoms. The van der Waals surface area contributed by atoms with Crippen LogP contribution < -0.4 is 9.64 Å². The quantitative estimate of drug-likeness (QED) is 0.176. The van der Waals surface area contributed by atoms with Gasteiger partial charge in [-0.2, -0.15) is 0 Å². The Hall–Kier alpha value is -7.42. The van der Waals surface area contributed by atoms with E-state index >= 15 is 0 Å². The van der Waals surface area contributed by atoms with Gasteiger partial charge < -0.3 is 9.64 Å². The molecule has 0 radical (unpaired) electrons. The first-order chi connectivity index (χ1) is 27.8. The second-order valence-corrected chi connectivity index (χ2v) is 14.1. The Morgan fingerprint density at radius 1 is 0.250 bits per heavy atom. The second-order valence-electron chi connectivity index (χ2n) is 14.1. The minimum Gasteiger partial charge on any atom is -0.456 e. The van der Waals surface area contributed by atoms with E-state index in [0.29, 0.717) is 0 Å². The summed E-state index contributed by atoms with van der Waals surface area (Å²) in [6.45, 7) is 0. The molecular weight excluding hydrogens is 679 g/mol. The average molecular weight is 716 g/mol. The summed E-state index contributed by atoms with van der Waals surface area (Å²) in [6.07, 6.45) is 0. The van der Waals surface area contributed by atoms with E-state index in [-0.39, 0.29) is 0 Å². The Morgan fingerprint density at radius 2 is 0.607 bits per heavy atom. The molecule has 0 aromatic heterocycles. The van der Waals surface area contributed by atoms with Crippen molar-refractivity contribution in [2.24, 2.45) is 0 Å². The first kappa shape index (κ1) is 33.2. The van der Waals surface area contributed by atoms with E-state index < -0.39 is 0 Å². The van der Waals surface area contributed by atoms with Crippen molar-refractivity contribution >= 4 is 17.1 Å². The summed E-state index contributed by atoms with van der Waals surface area (Å²) < 4.78 is 7.15. The highest BCUT2D eigenvalue weighted by Crippen LogP contribution is 2.52. The maximum Gasteiger partial charge on any atom is 0.135 e. The Bertz CT molecular complexity index is 2800. The first-order valence-electron chi connectivity index (χ1n) is 19.1. The van der Waals surface area contributed by atoms with E-state index in [1.807, 2.05) is 0 Å². The van der Waals surface area contributed by atoms with Gasteiger partial charge >= 0.3 is 0 Å². The van der Waals surface area contributed by atoms with Crippen molar-refractivity contribution in [2.75, 3.05) is 4.90 Å². The molecule has 0 saturated heterocycles. The summed E-state index contributed by atoms with van der Waals surface area (Å²) in [7, 11) is 0. The van der Waals surface area contributed by atoms with Crippen molar-refractivity contribution < 1.29 is 4.74 Å². The SMILES string of the molecule is c1ccc(-c2ccc(N3c4ccccc4-c4cc(-c5ccccc5)ccc4Oc4ccc(-c5ccccc5)cc4-c4cc(-c5ccccc5)ccc43)cc2)cc1. The third-order valence-corrected chi connectivity index (χ3v) is 10.7. The molecule has 1 aliphatic rings. The van der Waals surface area contributed by atoms with Gasteiger partial charge in [0, 0.05) is 27.9 Å². The topological polar surface area (TPSA) is 12.5 Å². The molecule has 0 aliphatic carbocycles. The number of hydrogen-bond donors (Lipinski definition) is 0. The molecule has 2 nitrogen and oxygen atoms in total. The molecule has 0 fully saturated rings. The fourth-order valence-corrected chi connectivity index (χ4v) is 7.89. The van der Waals surface area contributed by atoms with E-state index in [2.05, 4.69) is 229 Å². The molecule has 0 atom stereocenters. The zero-order chi connectivity index (χ0) is 37.3. The number of fused-ring (bicyclic) bond motifs is 6. The number of hydrogen-bond acceptors (Lipinski definition) is 2. The molecule has 0 spiro atoms. The summed E-state index contributed by atoms with van der Waals surface area (Å²) in [5, 5.41) is 0. The van der Waals surface area contributed by atoms with E-state index in [1.165, 1.54) is 11.1 Å². The van der Waals surface area contributed by atoms with Crippen LogP contribution in [-0.4, -0.2) is 0 Å². The van der Waals surface area contributed by atoms with E-state index in [4.69, 9.17) is 4.74 Å². The number of nitrogens with zero attached hydrogens (tertiary/aromatic N) is 1. The molecule has 0 amide bonds. The van der Waals surface area contributed by atoms with Crippen molar-refractivity contribution in [3.05, 3.63) is 224 Å². The minimum absolute atomic E-state index is 0.795. The monoisotopic (exact) mass is 715 g/mol. The molecule has 0 bridgehead atoms. The fourth-order valence-electron chi connectivity index (χ4n) is 7.89. The maximum absolute atomic E-state index is 7.15. The molecule has 56 heavy (non-hydrogen) atoms. The molecule has 0 N–H and O–H groups in total. The lowest BCUT2D eigenvalue weighted by Crippen LogP contribution is -2.13. The van der Waals surface area contributed by atoms with E-state index in [1.54, 1.807) is 0 Å². The second kappa shape index (κ2) is 14.4. The minimum atomic E-state index is 0.795. The standard InChI is InChI=1S/C54H37NO/c1-5-15-38(16-6-1)42-25-30-46(31-26-42)55-51-24-14-13-23-47(51)49-36-44(40-19-9-3-10-20-40)28-33-53(49)56-54-34-29-45(41-21-11-4-12-22-41)37-50(54)48-35-43(27-32-52(48)55)39-17-7-2-8-18-39/h1-37H. The van der Waals surface area contributed by atoms with Crippen LogP contribution in [0.25, 0.3) is 66.8 Å². The van der Waals surface area contributed by atoms with Crippen LogP contribution in [0.4, 0.5) is 17.1 Å². The van der Waals surface area contributed by atoms with Crippen LogP contribution in [0.3, 0.4) is 0 Å². The van der Waals surface area contributed by atoms with Gasteiger partial charge in [-0.1, -0.05) is 170 Å². The van der Waals surface area contributed by atoms with Crippen molar-refractivity contribution in [2.45, 2.75) is 0 Å². The molecular formula is C54H37NO. The van der Waals surface area contributed by atoms with E-state index in [0.717, 1.165) is 84.2 Å². The molecule has 10 rings (SSSR count). The predicted molar refractivity (Wildman–Crippen MR) is 234 cm³/mol. The van der Waals surface area contributed by atoms with E-state index in [9.17, 15) is 0 Å². The lowest BCUT2D eigenvalue weighted by Gasteiger charge is -2.32. The summed E-state index contributed by atoms with van der Waals surface area (Å²) in [4.78, 5) is 2.43. The van der Waals surface area contributed by atoms with Gasteiger partial charge in [0.25, 0.3) is 0 Å². The van der Waals surface area contributed by atoms with Gasteiger partial charge in [-0.3, -0.25) is 0 Å². The Morgan fingerprint density at radius 3 is 1.12 bits per heavy atom. The number of benzene rings is 9. The number of para-hydroxylation sites is 1. The Balaban J connectivity index is 1.28. The Labute approximate surface area is 328 Å². The third kappa shape index (κ3) is 6.24. The van der Waals surface area contributed by atoms with Crippen LogP contribution in [0.1, 0.15) is 0 Å². The van der Waals surface area contributed by atoms with Gasteiger partial charge in [0.15, 0.2) is 0 Å². The first-order valence-corrected chi connectivity index (χ1v) is 19.1. The van der Waals surface area contributed by atoms with Crippen molar-refractivity contribution in [3.8, 4) is 78.3 Å². The van der Waals surface area contributed by atoms with Crippen LogP contribution in [0.15, 0.2) is 224 Å². The zero-order valence-electron chi connectivity index (χ0n) is 30.7. The van der Waals surface area contributed by atoms with Crippen molar-refractivity contribution in [1.29, 1.82) is 0 Å². The van der Waals surface area contributed by atoms with Crippen LogP contribution in [0.5, 0.6) is 11.5 Å². The van der Waals surface area contributed by atoms with Gasteiger partial charge in [-0.15, -0.1) is 0 Å². The number of anilines is 3. The Kier molecular flexibility index (Phi) is 8.55. The van der Waals surface area contributed by atoms with Crippen LogP contribution in [-0.2, 0) is 0 Å². The normalized spacial score (nSPS) is 11.7. The molecule has 9 aromatic rings. The summed E-state index contributed by atoms with van der Waals surface area (Å²) >= 11 is 0. The van der Waals surface area contributed by atoms with Crippen LogP contribution >= 0.6 is 0 Å². The fraction of sp³-hybridized carbons (Fsp3) is 0. The molecule has 9 aromatic carbocycles. The molecule has 264 valence electrons. The maximum atomic E-state index is 7.15. The van der Waals surface area contributed by atoms with Crippen LogP contribution in [0.2, 0.25) is 0 Å². The lowest BCUT2D eigenvalue weighted by atomic mass is 9.91. The van der Waals surface area contributed by atoms with Gasteiger partial charge in [-0.05, 0) is 99.1 Å². The summed E-state index contributed by atoms with van der Waals surface area (Å²) in [5.41, 5.74) is 16.6. The molecule has 1 aliphatic heterocycles. The van der Waals surface area contributed by atoms with Gasteiger partial charge in [0.1, 0.15) is 11.5 Å². The highest BCUT2D eigenvalue weighted by molar-refractivity contribution is 5.98. The van der Waals surface area contributed by atoms with Crippen molar-refractivity contribution in [3.63, 3.8) is 0 Å². The highest BCUT2D eigenvalue weighted by atomic mass is 16.5. The summed E-state index contributed by atoms with van der Waals surface area (Å²) in [5.74, 6) is 1.59. The van der Waals surface area contributed by atoms with Gasteiger partial charge in [0.05, 0.1) is 11.4 Å². The average Bonchev–Trinajstić information content (AvgIpc) is 3.28. The smallest absolute Gasteiger partial charge is 0.135 e. The molecule has 1 heterocycles. The predicted octanol–water partition coefficient (Wildman–Crippen LogP) is 15.3.